The summed E-state index contributed by atoms with van der Waals surface area (Å²) >= 11 is 0. The van der Waals surface area contributed by atoms with E-state index in [4.69, 9.17) is 5.73 Å². The molecule has 0 aliphatic heterocycles. The Morgan fingerprint density at radius 1 is 0.905 bits per heavy atom. The van der Waals surface area contributed by atoms with Crippen molar-refractivity contribution in [1.29, 1.82) is 0 Å². The maximum Gasteiger partial charge on any atom is 0.323 e. The number of carbonyl (C=O) groups excluding carboxylic acids is 2. The van der Waals surface area contributed by atoms with E-state index in [1.807, 2.05) is 0 Å². The molecule has 0 fully saturated rings. The molecule has 0 aliphatic carbocycles. The molecule has 21 heavy (non-hydrogen) atoms. The summed E-state index contributed by atoms with van der Waals surface area (Å²) in [6.45, 7) is 0. The van der Waals surface area contributed by atoms with Crippen molar-refractivity contribution in [3.05, 3.63) is 59.7 Å². The smallest absolute Gasteiger partial charge is 0.323 e. The average molecular weight is 291 g/mol. The van der Waals surface area contributed by atoms with Crippen molar-refractivity contribution in [2.75, 3.05) is 10.6 Å². The predicted octanol–water partition coefficient (Wildman–Crippen LogP) is 2.71. The lowest BCUT2D eigenvalue weighted by molar-refractivity contribution is 0.100. The van der Waals surface area contributed by atoms with Crippen LogP contribution in [-0.4, -0.2) is 11.9 Å². The molecule has 0 heterocycles. The molecule has 0 saturated carbocycles. The lowest BCUT2D eigenvalue weighted by Gasteiger charge is -2.08. The SMILES string of the molecule is NC(=O)c1cccc(NC(=O)Nc2ccc(F)c(F)c2)c1. The Bertz CT molecular complexity index is 704. The number of urea groups is 1. The second kappa shape index (κ2) is 6.00. The average Bonchev–Trinajstić information content (AvgIpc) is 2.43. The Morgan fingerprint density at radius 3 is 2.19 bits per heavy atom. The fourth-order valence-corrected chi connectivity index (χ4v) is 1.62. The van der Waals surface area contributed by atoms with Crippen LogP contribution >= 0.6 is 0 Å². The molecule has 4 N–H and O–H groups in total. The van der Waals surface area contributed by atoms with Gasteiger partial charge in [0, 0.05) is 23.0 Å². The highest BCUT2D eigenvalue weighted by Crippen LogP contribution is 2.14. The molecular formula is C14H11F2N3O2. The normalized spacial score (nSPS) is 10.0. The number of rotatable bonds is 3. The minimum Gasteiger partial charge on any atom is -0.366 e. The topological polar surface area (TPSA) is 84.2 Å². The first kappa shape index (κ1) is 14.4. The Morgan fingerprint density at radius 2 is 1.57 bits per heavy atom. The lowest BCUT2D eigenvalue weighted by Crippen LogP contribution is -2.20. The standard InChI is InChI=1S/C14H11F2N3O2/c15-11-5-4-10(7-12(11)16)19-14(21)18-9-3-1-2-8(6-9)13(17)20/h1-7H,(H2,17,20)(H2,18,19,21). The van der Waals surface area contributed by atoms with Crippen LogP contribution in [0.1, 0.15) is 10.4 Å². The van der Waals surface area contributed by atoms with E-state index >= 15 is 0 Å². The molecule has 0 saturated heterocycles. The van der Waals surface area contributed by atoms with Crippen molar-refractivity contribution in [2.24, 2.45) is 5.73 Å². The quantitative estimate of drug-likeness (QED) is 0.812. The van der Waals surface area contributed by atoms with E-state index < -0.39 is 23.6 Å². The molecule has 3 amide bonds. The van der Waals surface area contributed by atoms with Crippen molar-refractivity contribution in [3.8, 4) is 0 Å². The molecule has 5 nitrogen and oxygen atoms in total. The van der Waals surface area contributed by atoms with Gasteiger partial charge in [0.2, 0.25) is 5.91 Å². The Hall–Kier alpha value is -2.96. The summed E-state index contributed by atoms with van der Waals surface area (Å²) in [6, 6.07) is 8.31. The van der Waals surface area contributed by atoms with Gasteiger partial charge in [-0.05, 0) is 30.3 Å². The number of primary amides is 1. The second-order valence-electron chi connectivity index (χ2n) is 4.15. The molecule has 0 bridgehead atoms. The number of carbonyl (C=O) groups is 2. The van der Waals surface area contributed by atoms with Crippen molar-refractivity contribution in [3.63, 3.8) is 0 Å². The third-order valence-electron chi connectivity index (χ3n) is 2.58. The van der Waals surface area contributed by atoms with Gasteiger partial charge in [-0.2, -0.15) is 0 Å². The maximum atomic E-state index is 13.0. The van der Waals surface area contributed by atoms with Gasteiger partial charge in [-0.15, -0.1) is 0 Å². The molecule has 2 rings (SSSR count). The van der Waals surface area contributed by atoms with Crippen LogP contribution in [0.4, 0.5) is 25.0 Å². The fraction of sp³-hybridized carbons (Fsp3) is 0. The summed E-state index contributed by atoms with van der Waals surface area (Å²) in [5, 5.41) is 4.78. The fourth-order valence-electron chi connectivity index (χ4n) is 1.62. The number of hydrogen-bond donors (Lipinski definition) is 3. The summed E-state index contributed by atoms with van der Waals surface area (Å²) in [5.74, 6) is -2.70. The second-order valence-corrected chi connectivity index (χ2v) is 4.15. The van der Waals surface area contributed by atoms with Crippen LogP contribution < -0.4 is 16.4 Å². The van der Waals surface area contributed by atoms with Crippen LogP contribution in [0.15, 0.2) is 42.5 Å². The third kappa shape index (κ3) is 3.75. The summed E-state index contributed by atoms with van der Waals surface area (Å²) in [4.78, 5) is 22.7. The van der Waals surface area contributed by atoms with Crippen LogP contribution in [-0.2, 0) is 0 Å². The molecule has 2 aromatic carbocycles. The van der Waals surface area contributed by atoms with Crippen molar-refractivity contribution >= 4 is 23.3 Å². The van der Waals surface area contributed by atoms with E-state index in [-0.39, 0.29) is 11.3 Å². The van der Waals surface area contributed by atoms with Gasteiger partial charge in [0.1, 0.15) is 0 Å². The Labute approximate surface area is 118 Å². The minimum atomic E-state index is -1.07. The number of anilines is 2. The summed E-state index contributed by atoms with van der Waals surface area (Å²) in [6.07, 6.45) is 0. The highest BCUT2D eigenvalue weighted by Gasteiger charge is 2.07. The zero-order valence-corrected chi connectivity index (χ0v) is 10.7. The molecule has 2 aromatic rings. The molecule has 108 valence electrons. The van der Waals surface area contributed by atoms with Crippen molar-refractivity contribution in [1.82, 2.24) is 0 Å². The number of nitrogens with two attached hydrogens (primary N) is 1. The van der Waals surface area contributed by atoms with E-state index in [1.54, 1.807) is 12.1 Å². The highest BCUT2D eigenvalue weighted by molar-refractivity contribution is 6.01. The molecule has 0 spiro atoms. The molecule has 0 aliphatic rings. The van der Waals surface area contributed by atoms with Gasteiger partial charge in [0.15, 0.2) is 11.6 Å². The number of nitrogens with one attached hydrogen (secondary N) is 2. The Kier molecular flexibility index (Phi) is 4.13. The van der Waals surface area contributed by atoms with Crippen LogP contribution in [0.5, 0.6) is 0 Å². The number of benzene rings is 2. The molecule has 0 radical (unpaired) electrons. The third-order valence-corrected chi connectivity index (χ3v) is 2.58. The van der Waals surface area contributed by atoms with Gasteiger partial charge in [-0.1, -0.05) is 6.07 Å². The van der Waals surface area contributed by atoms with E-state index in [0.29, 0.717) is 5.69 Å². The molecular weight excluding hydrogens is 280 g/mol. The molecule has 0 unspecified atom stereocenters. The highest BCUT2D eigenvalue weighted by atomic mass is 19.2. The van der Waals surface area contributed by atoms with Gasteiger partial charge in [0.05, 0.1) is 0 Å². The van der Waals surface area contributed by atoms with Gasteiger partial charge in [0.25, 0.3) is 0 Å². The van der Waals surface area contributed by atoms with Gasteiger partial charge >= 0.3 is 6.03 Å². The molecule has 7 heteroatoms. The van der Waals surface area contributed by atoms with E-state index in [2.05, 4.69) is 10.6 Å². The van der Waals surface area contributed by atoms with Crippen molar-refractivity contribution in [2.45, 2.75) is 0 Å². The molecule has 0 aromatic heterocycles. The van der Waals surface area contributed by atoms with E-state index in [1.165, 1.54) is 18.2 Å². The lowest BCUT2D eigenvalue weighted by atomic mass is 10.2. The van der Waals surface area contributed by atoms with E-state index in [0.717, 1.165) is 12.1 Å². The van der Waals surface area contributed by atoms with E-state index in [9.17, 15) is 18.4 Å². The first-order valence-corrected chi connectivity index (χ1v) is 5.88. The summed E-state index contributed by atoms with van der Waals surface area (Å²) in [7, 11) is 0. The van der Waals surface area contributed by atoms with Crippen LogP contribution in [0.25, 0.3) is 0 Å². The predicted molar refractivity (Wildman–Crippen MR) is 74.0 cm³/mol. The zero-order valence-electron chi connectivity index (χ0n) is 10.7. The minimum absolute atomic E-state index is 0.0949. The summed E-state index contributed by atoms with van der Waals surface area (Å²) < 4.78 is 25.8. The first-order chi connectivity index (χ1) is 9.95. The zero-order chi connectivity index (χ0) is 15.4. The van der Waals surface area contributed by atoms with Gasteiger partial charge in [-0.3, -0.25) is 4.79 Å². The largest absolute Gasteiger partial charge is 0.366 e. The van der Waals surface area contributed by atoms with Gasteiger partial charge in [-0.25, -0.2) is 13.6 Å². The van der Waals surface area contributed by atoms with Gasteiger partial charge < -0.3 is 16.4 Å². The van der Waals surface area contributed by atoms with Crippen LogP contribution in [0.3, 0.4) is 0 Å². The number of amides is 3. The van der Waals surface area contributed by atoms with Crippen LogP contribution in [0, 0.1) is 11.6 Å². The summed E-state index contributed by atoms with van der Waals surface area (Å²) in [5.41, 5.74) is 5.79. The molecule has 0 atom stereocenters. The first-order valence-electron chi connectivity index (χ1n) is 5.88. The Balaban J connectivity index is 2.06. The number of halogens is 2. The maximum absolute atomic E-state index is 13.0. The monoisotopic (exact) mass is 291 g/mol. The number of hydrogen-bond acceptors (Lipinski definition) is 2. The van der Waals surface area contributed by atoms with Crippen LogP contribution in [0.2, 0.25) is 0 Å². The van der Waals surface area contributed by atoms with Crippen molar-refractivity contribution < 1.29 is 18.4 Å².